The summed E-state index contributed by atoms with van der Waals surface area (Å²) in [5.74, 6) is 2.06. The molecule has 3 atom stereocenters. The molecular weight excluding hydrogens is 392 g/mol. The summed E-state index contributed by atoms with van der Waals surface area (Å²) >= 11 is 0. The SMILES string of the molecule is Cc1cc(Nc2cc3[nH]c(=O)ccc3c(N[C@@H]3C[C@H]4CC[C@@H](C3)N4CCC#N)n2)n[nH]1. The Hall–Kier alpha value is -3.38. The highest BCUT2D eigenvalue weighted by Gasteiger charge is 2.40. The maximum absolute atomic E-state index is 11.9. The van der Waals surface area contributed by atoms with E-state index < -0.39 is 0 Å². The van der Waals surface area contributed by atoms with Crippen LogP contribution in [0.15, 0.2) is 29.1 Å². The normalized spacial score (nSPS) is 23.0. The van der Waals surface area contributed by atoms with Crippen molar-refractivity contribution in [1.29, 1.82) is 5.26 Å². The van der Waals surface area contributed by atoms with Gasteiger partial charge >= 0.3 is 0 Å². The minimum atomic E-state index is -0.143. The highest BCUT2D eigenvalue weighted by Crippen LogP contribution is 2.37. The van der Waals surface area contributed by atoms with Gasteiger partial charge in [0.05, 0.1) is 11.6 Å². The van der Waals surface area contributed by atoms with Gasteiger partial charge in [-0.2, -0.15) is 10.4 Å². The Morgan fingerprint density at radius 1 is 1.23 bits per heavy atom. The topological polar surface area (TPSA) is 126 Å². The Labute approximate surface area is 179 Å². The number of rotatable bonds is 6. The molecule has 0 spiro atoms. The van der Waals surface area contributed by atoms with Crippen molar-refractivity contribution in [2.24, 2.45) is 0 Å². The molecule has 0 amide bonds. The molecule has 2 saturated heterocycles. The Kier molecular flexibility index (Phi) is 5.08. The summed E-state index contributed by atoms with van der Waals surface area (Å²) < 4.78 is 0. The number of aromatic nitrogens is 4. The van der Waals surface area contributed by atoms with Gasteiger partial charge in [-0.05, 0) is 38.7 Å². The van der Waals surface area contributed by atoms with E-state index in [1.54, 1.807) is 0 Å². The fourth-order valence-corrected chi connectivity index (χ4v) is 5.08. The standard InChI is InChI=1S/C22H26N8O/c1-13-9-20(29-28-13)26-19-12-18-17(5-6-21(31)25-18)22(27-19)24-14-10-15-3-4-16(11-14)30(15)8-2-7-23/h5-6,9,12,14-16H,2-4,8,10-11H2,1H3,(H,25,31)(H3,24,26,27,28,29)/t14-,15-,16+. The highest BCUT2D eigenvalue weighted by molar-refractivity contribution is 5.91. The zero-order chi connectivity index (χ0) is 21.4. The van der Waals surface area contributed by atoms with Crippen LogP contribution in [-0.4, -0.2) is 49.7 Å². The van der Waals surface area contributed by atoms with Crippen molar-refractivity contribution in [2.75, 3.05) is 17.2 Å². The first-order valence-corrected chi connectivity index (χ1v) is 10.8. The smallest absolute Gasteiger partial charge is 0.248 e. The van der Waals surface area contributed by atoms with Crippen LogP contribution in [0.5, 0.6) is 0 Å². The van der Waals surface area contributed by atoms with Crippen molar-refractivity contribution in [3.63, 3.8) is 0 Å². The minimum absolute atomic E-state index is 0.143. The molecule has 9 heteroatoms. The zero-order valence-electron chi connectivity index (χ0n) is 17.5. The van der Waals surface area contributed by atoms with Gasteiger partial charge in [0, 0.05) is 60.4 Å². The van der Waals surface area contributed by atoms with Crippen molar-refractivity contribution in [1.82, 2.24) is 25.1 Å². The predicted octanol–water partition coefficient (Wildman–Crippen LogP) is 3.02. The second-order valence-corrected chi connectivity index (χ2v) is 8.54. The van der Waals surface area contributed by atoms with Crippen LogP contribution in [-0.2, 0) is 0 Å². The van der Waals surface area contributed by atoms with E-state index in [9.17, 15) is 4.79 Å². The first kappa shape index (κ1) is 19.6. The van der Waals surface area contributed by atoms with Crippen molar-refractivity contribution >= 4 is 28.4 Å². The molecule has 5 rings (SSSR count). The minimum Gasteiger partial charge on any atom is -0.367 e. The maximum atomic E-state index is 11.9. The van der Waals surface area contributed by atoms with Crippen LogP contribution >= 0.6 is 0 Å². The molecule has 2 aliphatic heterocycles. The summed E-state index contributed by atoms with van der Waals surface area (Å²) in [7, 11) is 0. The summed E-state index contributed by atoms with van der Waals surface area (Å²) in [6.07, 6.45) is 5.03. The number of hydrogen-bond acceptors (Lipinski definition) is 7. The molecule has 2 aliphatic rings. The molecule has 0 aliphatic carbocycles. The molecule has 3 aromatic rings. The van der Waals surface area contributed by atoms with E-state index in [1.165, 1.54) is 18.9 Å². The molecule has 9 nitrogen and oxygen atoms in total. The largest absolute Gasteiger partial charge is 0.367 e. The summed E-state index contributed by atoms with van der Waals surface area (Å²) in [5, 5.41) is 23.9. The van der Waals surface area contributed by atoms with Crippen molar-refractivity contribution in [2.45, 2.75) is 57.2 Å². The van der Waals surface area contributed by atoms with Crippen molar-refractivity contribution in [3.8, 4) is 6.07 Å². The van der Waals surface area contributed by atoms with E-state index >= 15 is 0 Å². The second kappa shape index (κ2) is 8.04. The highest BCUT2D eigenvalue weighted by atomic mass is 16.1. The molecule has 0 saturated carbocycles. The van der Waals surface area contributed by atoms with E-state index in [4.69, 9.17) is 10.2 Å². The van der Waals surface area contributed by atoms with E-state index in [2.05, 4.69) is 36.8 Å². The average Bonchev–Trinajstić information content (AvgIpc) is 3.25. The number of anilines is 3. The van der Waals surface area contributed by atoms with Crippen LogP contribution in [0, 0.1) is 18.3 Å². The number of aryl methyl sites for hydroxylation is 1. The van der Waals surface area contributed by atoms with E-state index in [0.29, 0.717) is 36.2 Å². The lowest BCUT2D eigenvalue weighted by molar-refractivity contribution is 0.136. The van der Waals surface area contributed by atoms with Crippen LogP contribution in [0.2, 0.25) is 0 Å². The number of nitrogens with one attached hydrogen (secondary N) is 4. The second-order valence-electron chi connectivity index (χ2n) is 8.54. The fourth-order valence-electron chi connectivity index (χ4n) is 5.08. The van der Waals surface area contributed by atoms with E-state index in [1.807, 2.05) is 25.1 Å². The molecule has 160 valence electrons. The number of pyridine rings is 2. The summed E-state index contributed by atoms with van der Waals surface area (Å²) in [5.41, 5.74) is 1.54. The zero-order valence-corrected chi connectivity index (χ0v) is 17.5. The molecule has 0 unspecified atom stereocenters. The summed E-state index contributed by atoms with van der Waals surface area (Å²) in [6, 6.07) is 10.7. The van der Waals surface area contributed by atoms with E-state index in [0.717, 1.165) is 41.8 Å². The van der Waals surface area contributed by atoms with Gasteiger partial charge in [-0.1, -0.05) is 0 Å². The third kappa shape index (κ3) is 3.99. The Bertz CT molecular complexity index is 1180. The number of aromatic amines is 2. The fraction of sp³-hybridized carbons (Fsp3) is 0.455. The average molecular weight is 419 g/mol. The van der Waals surface area contributed by atoms with Crippen LogP contribution in [0.1, 0.15) is 37.8 Å². The molecule has 4 N–H and O–H groups in total. The molecule has 3 aromatic heterocycles. The molecule has 5 heterocycles. The lowest BCUT2D eigenvalue weighted by Crippen LogP contribution is -2.47. The predicted molar refractivity (Wildman–Crippen MR) is 119 cm³/mol. The lowest BCUT2D eigenvalue weighted by Gasteiger charge is -2.39. The molecule has 2 bridgehead atoms. The van der Waals surface area contributed by atoms with E-state index in [-0.39, 0.29) is 5.56 Å². The van der Waals surface area contributed by atoms with Gasteiger partial charge in [-0.25, -0.2) is 4.98 Å². The van der Waals surface area contributed by atoms with Gasteiger partial charge in [-0.3, -0.25) is 14.8 Å². The van der Waals surface area contributed by atoms with Gasteiger partial charge in [0.25, 0.3) is 0 Å². The number of hydrogen-bond donors (Lipinski definition) is 4. The third-order valence-corrected chi connectivity index (χ3v) is 6.39. The van der Waals surface area contributed by atoms with Gasteiger partial charge in [-0.15, -0.1) is 0 Å². The molecule has 0 radical (unpaired) electrons. The number of piperidine rings is 1. The summed E-state index contributed by atoms with van der Waals surface area (Å²) in [4.78, 5) is 22.2. The van der Waals surface area contributed by atoms with Gasteiger partial charge in [0.1, 0.15) is 11.6 Å². The molecule has 0 aromatic carbocycles. The number of H-pyrrole nitrogens is 2. The number of nitriles is 1. The monoisotopic (exact) mass is 418 g/mol. The maximum Gasteiger partial charge on any atom is 0.248 e. The number of fused-ring (bicyclic) bond motifs is 3. The Balaban J connectivity index is 1.41. The van der Waals surface area contributed by atoms with Crippen LogP contribution < -0.4 is 16.2 Å². The number of nitrogens with zero attached hydrogens (tertiary/aromatic N) is 4. The van der Waals surface area contributed by atoms with Gasteiger partial charge < -0.3 is 15.6 Å². The quantitative estimate of drug-likeness (QED) is 0.485. The molecule has 2 fully saturated rings. The van der Waals surface area contributed by atoms with Crippen LogP contribution in [0.3, 0.4) is 0 Å². The van der Waals surface area contributed by atoms with Gasteiger partial charge in [0.2, 0.25) is 5.56 Å². The van der Waals surface area contributed by atoms with Crippen LogP contribution in [0.4, 0.5) is 17.5 Å². The lowest BCUT2D eigenvalue weighted by atomic mass is 9.97. The third-order valence-electron chi connectivity index (χ3n) is 6.39. The van der Waals surface area contributed by atoms with Crippen molar-refractivity contribution < 1.29 is 0 Å². The molecular formula is C22H26N8O. The van der Waals surface area contributed by atoms with Crippen LogP contribution in [0.25, 0.3) is 10.9 Å². The van der Waals surface area contributed by atoms with Gasteiger partial charge in [0.15, 0.2) is 5.82 Å². The first-order valence-electron chi connectivity index (χ1n) is 10.8. The first-order chi connectivity index (χ1) is 15.1. The molecule has 31 heavy (non-hydrogen) atoms. The Morgan fingerprint density at radius 3 is 2.74 bits per heavy atom. The summed E-state index contributed by atoms with van der Waals surface area (Å²) in [6.45, 7) is 2.80. The Morgan fingerprint density at radius 2 is 2.03 bits per heavy atom. The van der Waals surface area contributed by atoms with Crippen molar-refractivity contribution in [3.05, 3.63) is 40.3 Å².